The zero-order valence-corrected chi connectivity index (χ0v) is 11.2. The van der Waals surface area contributed by atoms with Gasteiger partial charge in [0.05, 0.1) is 16.1 Å². The van der Waals surface area contributed by atoms with E-state index in [1.54, 1.807) is 12.4 Å². The van der Waals surface area contributed by atoms with E-state index in [0.29, 0.717) is 10.6 Å². The lowest BCUT2D eigenvalue weighted by Crippen LogP contribution is -2.54. The van der Waals surface area contributed by atoms with Crippen molar-refractivity contribution in [2.75, 3.05) is 0 Å². The first-order valence-corrected chi connectivity index (χ1v) is 6.48. The SMILES string of the molecule is Cc1cncc(C(=O)NC2(C(N)=S)CCCC2)c1. The predicted molar refractivity (Wildman–Crippen MR) is 74.4 cm³/mol. The summed E-state index contributed by atoms with van der Waals surface area (Å²) in [6, 6.07) is 1.81. The second kappa shape index (κ2) is 5.02. The lowest BCUT2D eigenvalue weighted by atomic mass is 9.97. The molecule has 4 nitrogen and oxygen atoms in total. The minimum atomic E-state index is -0.504. The van der Waals surface area contributed by atoms with Gasteiger partial charge in [-0.25, -0.2) is 0 Å². The van der Waals surface area contributed by atoms with Crippen molar-refractivity contribution in [3.63, 3.8) is 0 Å². The summed E-state index contributed by atoms with van der Waals surface area (Å²) in [6.07, 6.45) is 7.02. The molecule has 0 unspecified atom stereocenters. The van der Waals surface area contributed by atoms with Crippen molar-refractivity contribution in [1.82, 2.24) is 10.3 Å². The van der Waals surface area contributed by atoms with E-state index in [1.807, 2.05) is 13.0 Å². The van der Waals surface area contributed by atoms with Crippen LogP contribution in [0.25, 0.3) is 0 Å². The molecule has 2 rings (SSSR count). The lowest BCUT2D eigenvalue weighted by molar-refractivity contribution is 0.0924. The molecule has 1 aromatic rings. The monoisotopic (exact) mass is 263 g/mol. The molecule has 1 aliphatic rings. The van der Waals surface area contributed by atoms with Gasteiger partial charge in [0.25, 0.3) is 5.91 Å². The topological polar surface area (TPSA) is 68.0 Å². The third-order valence-corrected chi connectivity index (χ3v) is 3.81. The average Bonchev–Trinajstić information content (AvgIpc) is 2.79. The van der Waals surface area contributed by atoms with Crippen molar-refractivity contribution >= 4 is 23.1 Å². The quantitative estimate of drug-likeness (QED) is 0.815. The fraction of sp³-hybridized carbons (Fsp3) is 0.462. The molecule has 5 heteroatoms. The Morgan fingerprint density at radius 1 is 1.44 bits per heavy atom. The standard InChI is InChI=1S/C13H17N3OS/c1-9-6-10(8-15-7-9)11(17)16-13(12(14)18)4-2-3-5-13/h6-8H,2-5H2,1H3,(H2,14,18)(H,16,17). The number of rotatable bonds is 3. The fourth-order valence-corrected chi connectivity index (χ4v) is 2.64. The second-order valence-corrected chi connectivity index (χ2v) is 5.30. The molecule has 0 aliphatic heterocycles. The van der Waals surface area contributed by atoms with Crippen molar-refractivity contribution in [1.29, 1.82) is 0 Å². The Balaban J connectivity index is 2.18. The summed E-state index contributed by atoms with van der Waals surface area (Å²) >= 11 is 5.11. The smallest absolute Gasteiger partial charge is 0.253 e. The number of aromatic nitrogens is 1. The molecule has 1 heterocycles. The Labute approximate surface area is 112 Å². The molecule has 0 bridgehead atoms. The van der Waals surface area contributed by atoms with Gasteiger partial charge in [-0.3, -0.25) is 9.78 Å². The maximum Gasteiger partial charge on any atom is 0.253 e. The van der Waals surface area contributed by atoms with E-state index in [0.717, 1.165) is 31.2 Å². The lowest BCUT2D eigenvalue weighted by Gasteiger charge is -2.29. The minimum absolute atomic E-state index is 0.152. The van der Waals surface area contributed by atoms with Crippen molar-refractivity contribution < 1.29 is 4.79 Å². The van der Waals surface area contributed by atoms with E-state index >= 15 is 0 Å². The Bertz CT molecular complexity index is 481. The van der Waals surface area contributed by atoms with E-state index < -0.39 is 5.54 Å². The largest absolute Gasteiger partial charge is 0.391 e. The molecule has 0 radical (unpaired) electrons. The van der Waals surface area contributed by atoms with Crippen LogP contribution in [-0.2, 0) is 0 Å². The molecule has 18 heavy (non-hydrogen) atoms. The molecule has 0 spiro atoms. The number of carbonyl (C=O) groups excluding carboxylic acids is 1. The first-order chi connectivity index (χ1) is 8.53. The van der Waals surface area contributed by atoms with Crippen LogP contribution in [0.1, 0.15) is 41.6 Å². The van der Waals surface area contributed by atoms with Gasteiger partial charge in [0.15, 0.2) is 0 Å². The van der Waals surface area contributed by atoms with Gasteiger partial charge in [0.1, 0.15) is 0 Å². The van der Waals surface area contributed by atoms with Crippen LogP contribution in [0.2, 0.25) is 0 Å². The van der Waals surface area contributed by atoms with E-state index in [-0.39, 0.29) is 5.91 Å². The number of hydrogen-bond acceptors (Lipinski definition) is 3. The van der Waals surface area contributed by atoms with Gasteiger partial charge in [-0.1, -0.05) is 25.1 Å². The van der Waals surface area contributed by atoms with Gasteiger partial charge in [0, 0.05) is 12.4 Å². The van der Waals surface area contributed by atoms with Crippen LogP contribution < -0.4 is 11.1 Å². The Hall–Kier alpha value is -1.49. The van der Waals surface area contributed by atoms with Gasteiger partial charge in [-0.2, -0.15) is 0 Å². The Kier molecular flexibility index (Phi) is 3.61. The number of nitrogens with one attached hydrogen (secondary N) is 1. The number of nitrogens with two attached hydrogens (primary N) is 1. The maximum atomic E-state index is 12.2. The number of aryl methyl sites for hydroxylation is 1. The average molecular weight is 263 g/mol. The van der Waals surface area contributed by atoms with Gasteiger partial charge < -0.3 is 11.1 Å². The maximum absolute atomic E-state index is 12.2. The molecule has 3 N–H and O–H groups in total. The van der Waals surface area contributed by atoms with E-state index in [2.05, 4.69) is 10.3 Å². The van der Waals surface area contributed by atoms with E-state index in [4.69, 9.17) is 18.0 Å². The highest BCUT2D eigenvalue weighted by Gasteiger charge is 2.38. The predicted octanol–water partition coefficient (Wildman–Crippen LogP) is 1.72. The third kappa shape index (κ3) is 2.51. The number of pyridine rings is 1. The van der Waals surface area contributed by atoms with Gasteiger partial charge in [-0.15, -0.1) is 0 Å². The van der Waals surface area contributed by atoms with Crippen molar-refractivity contribution in [2.45, 2.75) is 38.1 Å². The second-order valence-electron chi connectivity index (χ2n) is 4.86. The first-order valence-electron chi connectivity index (χ1n) is 6.08. The molecular weight excluding hydrogens is 246 g/mol. The van der Waals surface area contributed by atoms with Gasteiger partial charge in [0.2, 0.25) is 0 Å². The van der Waals surface area contributed by atoms with Crippen LogP contribution in [-0.4, -0.2) is 21.4 Å². The highest BCUT2D eigenvalue weighted by atomic mass is 32.1. The summed E-state index contributed by atoms with van der Waals surface area (Å²) in [6.45, 7) is 1.91. The summed E-state index contributed by atoms with van der Waals surface area (Å²) in [5, 5.41) is 2.99. The van der Waals surface area contributed by atoms with E-state index in [9.17, 15) is 4.79 Å². The molecule has 1 aliphatic carbocycles. The molecule has 1 amide bonds. The zero-order valence-electron chi connectivity index (χ0n) is 10.4. The third-order valence-electron chi connectivity index (χ3n) is 3.42. The summed E-state index contributed by atoms with van der Waals surface area (Å²) in [4.78, 5) is 16.6. The molecule has 1 saturated carbocycles. The fourth-order valence-electron chi connectivity index (χ4n) is 2.38. The first kappa shape index (κ1) is 13.0. The summed E-state index contributed by atoms with van der Waals surface area (Å²) in [7, 11) is 0. The molecule has 0 atom stereocenters. The number of amides is 1. The number of hydrogen-bond donors (Lipinski definition) is 2. The van der Waals surface area contributed by atoms with Crippen LogP contribution in [0.3, 0.4) is 0 Å². The van der Waals surface area contributed by atoms with Crippen LogP contribution in [0.4, 0.5) is 0 Å². The molecular formula is C13H17N3OS. The van der Waals surface area contributed by atoms with Gasteiger partial charge >= 0.3 is 0 Å². The van der Waals surface area contributed by atoms with Crippen molar-refractivity contribution in [3.8, 4) is 0 Å². The normalized spacial score (nSPS) is 17.4. The Morgan fingerprint density at radius 3 is 2.67 bits per heavy atom. The molecule has 96 valence electrons. The highest BCUT2D eigenvalue weighted by Crippen LogP contribution is 2.30. The van der Waals surface area contributed by atoms with Crippen LogP contribution in [0, 0.1) is 6.92 Å². The molecule has 0 saturated heterocycles. The van der Waals surface area contributed by atoms with Crippen molar-refractivity contribution in [3.05, 3.63) is 29.6 Å². The minimum Gasteiger partial charge on any atom is -0.391 e. The van der Waals surface area contributed by atoms with Crippen LogP contribution >= 0.6 is 12.2 Å². The number of thiocarbonyl (C=S) groups is 1. The summed E-state index contributed by atoms with van der Waals surface area (Å²) < 4.78 is 0. The molecule has 1 aromatic heterocycles. The number of nitrogens with zero attached hydrogens (tertiary/aromatic N) is 1. The van der Waals surface area contributed by atoms with Gasteiger partial charge in [-0.05, 0) is 31.4 Å². The Morgan fingerprint density at radius 2 is 2.11 bits per heavy atom. The zero-order chi connectivity index (χ0) is 13.2. The number of carbonyl (C=O) groups is 1. The van der Waals surface area contributed by atoms with Crippen LogP contribution in [0.5, 0.6) is 0 Å². The van der Waals surface area contributed by atoms with Crippen molar-refractivity contribution in [2.24, 2.45) is 5.73 Å². The van der Waals surface area contributed by atoms with E-state index in [1.165, 1.54) is 0 Å². The molecule has 1 fully saturated rings. The highest BCUT2D eigenvalue weighted by molar-refractivity contribution is 7.80. The summed E-state index contributed by atoms with van der Waals surface area (Å²) in [5.74, 6) is -0.152. The van der Waals surface area contributed by atoms with Crippen LogP contribution in [0.15, 0.2) is 18.5 Å². The summed E-state index contributed by atoms with van der Waals surface area (Å²) in [5.41, 5.74) is 6.80. The molecule has 0 aromatic carbocycles.